The van der Waals surface area contributed by atoms with Crippen molar-refractivity contribution in [1.29, 1.82) is 0 Å². The number of aryl methyl sites for hydroxylation is 1. The SMILES string of the molecule is C=C(CCc1ccccc1)C/C(C)=C\N. The van der Waals surface area contributed by atoms with E-state index in [1.807, 2.05) is 13.0 Å². The molecule has 1 nitrogen and oxygen atoms in total. The predicted octanol–water partition coefficient (Wildman–Crippen LogP) is 3.43. The highest BCUT2D eigenvalue weighted by Gasteiger charge is 1.97. The van der Waals surface area contributed by atoms with Gasteiger partial charge in [0.25, 0.3) is 0 Å². The zero-order valence-corrected chi connectivity index (χ0v) is 9.37. The lowest BCUT2D eigenvalue weighted by Crippen LogP contribution is -1.91. The summed E-state index contributed by atoms with van der Waals surface area (Å²) >= 11 is 0. The lowest BCUT2D eigenvalue weighted by atomic mass is 10.0. The molecule has 80 valence electrons. The van der Waals surface area contributed by atoms with E-state index in [0.717, 1.165) is 19.3 Å². The van der Waals surface area contributed by atoms with Gasteiger partial charge in [0.15, 0.2) is 0 Å². The van der Waals surface area contributed by atoms with Gasteiger partial charge in [0, 0.05) is 0 Å². The van der Waals surface area contributed by atoms with Crippen LogP contribution in [0.5, 0.6) is 0 Å². The van der Waals surface area contributed by atoms with Gasteiger partial charge >= 0.3 is 0 Å². The molecule has 1 aromatic rings. The highest BCUT2D eigenvalue weighted by molar-refractivity contribution is 5.17. The Kier molecular flexibility index (Phi) is 4.69. The lowest BCUT2D eigenvalue weighted by molar-refractivity contribution is 0.897. The van der Waals surface area contributed by atoms with E-state index in [4.69, 9.17) is 5.73 Å². The average Bonchev–Trinajstić information content (AvgIpc) is 2.27. The number of nitrogens with two attached hydrogens (primary N) is 1. The maximum atomic E-state index is 5.42. The molecule has 0 aliphatic rings. The summed E-state index contributed by atoms with van der Waals surface area (Å²) in [6.45, 7) is 6.10. The summed E-state index contributed by atoms with van der Waals surface area (Å²) in [5, 5.41) is 0. The van der Waals surface area contributed by atoms with Crippen molar-refractivity contribution in [3.05, 3.63) is 59.8 Å². The molecule has 0 saturated carbocycles. The topological polar surface area (TPSA) is 26.0 Å². The van der Waals surface area contributed by atoms with Gasteiger partial charge in [0.05, 0.1) is 0 Å². The van der Waals surface area contributed by atoms with Crippen molar-refractivity contribution in [1.82, 2.24) is 0 Å². The second-order valence-electron chi connectivity index (χ2n) is 3.93. The first-order valence-corrected chi connectivity index (χ1v) is 5.30. The van der Waals surface area contributed by atoms with Crippen LogP contribution in [0.2, 0.25) is 0 Å². The second-order valence-corrected chi connectivity index (χ2v) is 3.93. The fourth-order valence-electron chi connectivity index (χ4n) is 1.51. The van der Waals surface area contributed by atoms with Gasteiger partial charge in [-0.1, -0.05) is 48.1 Å². The van der Waals surface area contributed by atoms with Gasteiger partial charge in [0.1, 0.15) is 0 Å². The maximum absolute atomic E-state index is 5.42. The zero-order chi connectivity index (χ0) is 11.1. The third-order valence-electron chi connectivity index (χ3n) is 2.42. The summed E-state index contributed by atoms with van der Waals surface area (Å²) in [5.74, 6) is 0. The van der Waals surface area contributed by atoms with Crippen molar-refractivity contribution in [2.24, 2.45) is 5.73 Å². The monoisotopic (exact) mass is 201 g/mol. The molecule has 0 fully saturated rings. The minimum absolute atomic E-state index is 0.920. The van der Waals surface area contributed by atoms with E-state index in [1.165, 1.54) is 16.7 Å². The van der Waals surface area contributed by atoms with Crippen molar-refractivity contribution >= 4 is 0 Å². The first kappa shape index (κ1) is 11.6. The summed E-state index contributed by atoms with van der Waals surface area (Å²) in [6, 6.07) is 10.5. The Labute approximate surface area is 92.3 Å². The molecule has 0 aliphatic heterocycles. The summed E-state index contributed by atoms with van der Waals surface area (Å²) in [5.41, 5.74) is 9.23. The minimum Gasteiger partial charge on any atom is -0.405 e. The highest BCUT2D eigenvalue weighted by atomic mass is 14.5. The molecule has 0 unspecified atom stereocenters. The molecule has 0 aromatic heterocycles. The number of allylic oxidation sites excluding steroid dienone is 2. The Balaban J connectivity index is 2.35. The summed E-state index contributed by atoms with van der Waals surface area (Å²) in [7, 11) is 0. The van der Waals surface area contributed by atoms with E-state index in [2.05, 4.69) is 30.8 Å². The standard InChI is InChI=1S/C14H19N/c1-12(10-13(2)11-15)8-9-14-6-4-3-5-7-14/h3-7,11H,1,8-10,15H2,2H3/b13-11-. The molecule has 1 heteroatoms. The average molecular weight is 201 g/mol. The van der Waals surface area contributed by atoms with E-state index < -0.39 is 0 Å². The number of benzene rings is 1. The van der Waals surface area contributed by atoms with Crippen LogP contribution in [-0.2, 0) is 6.42 Å². The van der Waals surface area contributed by atoms with Gasteiger partial charge in [-0.05, 0) is 37.9 Å². The van der Waals surface area contributed by atoms with Crippen LogP contribution in [0.1, 0.15) is 25.3 Å². The van der Waals surface area contributed by atoms with Gasteiger partial charge in [0.2, 0.25) is 0 Å². The Bertz CT molecular complexity index is 336. The predicted molar refractivity (Wildman–Crippen MR) is 66.5 cm³/mol. The maximum Gasteiger partial charge on any atom is -0.00700 e. The molecule has 0 aliphatic carbocycles. The fraction of sp³-hybridized carbons (Fsp3) is 0.286. The van der Waals surface area contributed by atoms with Gasteiger partial charge in [-0.3, -0.25) is 0 Å². The highest BCUT2D eigenvalue weighted by Crippen LogP contribution is 2.14. The minimum atomic E-state index is 0.920. The lowest BCUT2D eigenvalue weighted by Gasteiger charge is -2.05. The van der Waals surface area contributed by atoms with Crippen LogP contribution in [0.25, 0.3) is 0 Å². The number of hydrogen-bond acceptors (Lipinski definition) is 1. The quantitative estimate of drug-likeness (QED) is 0.726. The van der Waals surface area contributed by atoms with Crippen molar-refractivity contribution in [3.63, 3.8) is 0 Å². The Morgan fingerprint density at radius 2 is 2.00 bits per heavy atom. The first-order valence-electron chi connectivity index (χ1n) is 5.30. The molecule has 2 N–H and O–H groups in total. The van der Waals surface area contributed by atoms with Gasteiger partial charge in [-0.2, -0.15) is 0 Å². The first-order chi connectivity index (χ1) is 7.22. The largest absolute Gasteiger partial charge is 0.405 e. The molecule has 0 saturated heterocycles. The van der Waals surface area contributed by atoms with E-state index >= 15 is 0 Å². The molecule has 1 aromatic carbocycles. The summed E-state index contributed by atoms with van der Waals surface area (Å²) < 4.78 is 0. The van der Waals surface area contributed by atoms with Crippen LogP contribution in [-0.4, -0.2) is 0 Å². The van der Waals surface area contributed by atoms with E-state index in [9.17, 15) is 0 Å². The van der Waals surface area contributed by atoms with Crippen molar-refractivity contribution in [2.75, 3.05) is 0 Å². The molecule has 15 heavy (non-hydrogen) atoms. The summed E-state index contributed by atoms with van der Waals surface area (Å²) in [4.78, 5) is 0. The van der Waals surface area contributed by atoms with Crippen LogP contribution in [0.15, 0.2) is 54.3 Å². The van der Waals surface area contributed by atoms with E-state index in [-0.39, 0.29) is 0 Å². The Hall–Kier alpha value is -1.50. The van der Waals surface area contributed by atoms with E-state index in [1.54, 1.807) is 6.20 Å². The molecule has 0 heterocycles. The summed E-state index contributed by atoms with van der Waals surface area (Å²) in [6.07, 6.45) is 4.68. The van der Waals surface area contributed by atoms with Crippen LogP contribution < -0.4 is 5.73 Å². The van der Waals surface area contributed by atoms with Crippen molar-refractivity contribution in [3.8, 4) is 0 Å². The molecular weight excluding hydrogens is 182 g/mol. The smallest absolute Gasteiger partial charge is 0.00700 e. The molecule has 0 atom stereocenters. The van der Waals surface area contributed by atoms with Gasteiger partial charge < -0.3 is 5.73 Å². The molecule has 0 bridgehead atoms. The number of hydrogen-bond donors (Lipinski definition) is 1. The molecule has 1 rings (SSSR count). The van der Waals surface area contributed by atoms with Crippen molar-refractivity contribution < 1.29 is 0 Å². The van der Waals surface area contributed by atoms with Crippen molar-refractivity contribution in [2.45, 2.75) is 26.2 Å². The van der Waals surface area contributed by atoms with Gasteiger partial charge in [-0.15, -0.1) is 0 Å². The third-order valence-corrected chi connectivity index (χ3v) is 2.42. The van der Waals surface area contributed by atoms with Crippen LogP contribution >= 0.6 is 0 Å². The number of rotatable bonds is 5. The Morgan fingerprint density at radius 1 is 1.33 bits per heavy atom. The van der Waals surface area contributed by atoms with Crippen LogP contribution in [0, 0.1) is 0 Å². The molecule has 0 amide bonds. The van der Waals surface area contributed by atoms with E-state index in [0.29, 0.717) is 0 Å². The molecular formula is C14H19N. The van der Waals surface area contributed by atoms with Gasteiger partial charge in [-0.25, -0.2) is 0 Å². The zero-order valence-electron chi connectivity index (χ0n) is 9.37. The normalized spacial score (nSPS) is 11.4. The molecule has 0 radical (unpaired) electrons. The fourth-order valence-corrected chi connectivity index (χ4v) is 1.51. The Morgan fingerprint density at radius 3 is 2.60 bits per heavy atom. The second kappa shape index (κ2) is 6.07. The van der Waals surface area contributed by atoms with Crippen LogP contribution in [0.4, 0.5) is 0 Å². The van der Waals surface area contributed by atoms with Crippen LogP contribution in [0.3, 0.4) is 0 Å². The molecule has 0 spiro atoms. The third kappa shape index (κ3) is 4.50.